The van der Waals surface area contributed by atoms with E-state index in [4.69, 9.17) is 9.72 Å². The van der Waals surface area contributed by atoms with Gasteiger partial charge in [-0.25, -0.2) is 14.8 Å². The summed E-state index contributed by atoms with van der Waals surface area (Å²) in [5.74, 6) is 1.51. The van der Waals surface area contributed by atoms with E-state index < -0.39 is 12.1 Å². The molecule has 53 heavy (non-hydrogen) atoms. The van der Waals surface area contributed by atoms with Crippen molar-refractivity contribution in [2.75, 3.05) is 26.3 Å². The quantitative estimate of drug-likeness (QED) is 0.130. The van der Waals surface area contributed by atoms with Gasteiger partial charge in [-0.2, -0.15) is 0 Å². The van der Waals surface area contributed by atoms with Crippen LogP contribution in [0.25, 0.3) is 33.6 Å². The first kappa shape index (κ1) is 34.3. The molecule has 3 aliphatic rings. The molecule has 0 saturated carbocycles. The van der Waals surface area contributed by atoms with Crippen LogP contribution in [0.15, 0.2) is 91.3 Å². The van der Waals surface area contributed by atoms with Crippen LogP contribution in [-0.2, 0) is 14.3 Å². The summed E-state index contributed by atoms with van der Waals surface area (Å²) in [5, 5.41) is 11.9. The van der Waals surface area contributed by atoms with Gasteiger partial charge in [-0.3, -0.25) is 9.59 Å². The number of rotatable bonds is 9. The molecular formula is C41H43N7O5. The molecule has 0 bridgehead atoms. The molecule has 3 atom stereocenters. The summed E-state index contributed by atoms with van der Waals surface area (Å²) >= 11 is 0. The average molecular weight is 714 g/mol. The molecule has 3 saturated heterocycles. The topological polar surface area (TPSA) is 157 Å². The molecule has 3 aromatic carbocycles. The lowest BCUT2D eigenvalue weighted by molar-refractivity contribution is -0.139. The number of hydrogen-bond acceptors (Lipinski definition) is 6. The van der Waals surface area contributed by atoms with Crippen LogP contribution in [-0.4, -0.2) is 79.1 Å². The average Bonchev–Trinajstić information content (AvgIpc) is 4.04. The molecule has 5 heterocycles. The van der Waals surface area contributed by atoms with Crippen LogP contribution in [0.5, 0.6) is 0 Å². The maximum atomic E-state index is 13.7. The molecule has 0 unspecified atom stereocenters. The van der Waals surface area contributed by atoms with E-state index in [2.05, 4.69) is 68.8 Å². The number of hydrogen-bond donors (Lipinski definition) is 4. The molecule has 4 N–H and O–H groups in total. The zero-order valence-electron chi connectivity index (χ0n) is 29.4. The largest absolute Gasteiger partial charge is 0.465 e. The second-order valence-electron chi connectivity index (χ2n) is 14.1. The number of imidazole rings is 2. The van der Waals surface area contributed by atoms with Gasteiger partial charge in [0.05, 0.1) is 35.9 Å². The number of likely N-dealkylation sites (tertiary alicyclic amines) is 2. The van der Waals surface area contributed by atoms with E-state index in [0.717, 1.165) is 84.5 Å². The zero-order chi connectivity index (χ0) is 36.3. The highest BCUT2D eigenvalue weighted by molar-refractivity contribution is 5.87. The van der Waals surface area contributed by atoms with E-state index in [9.17, 15) is 19.5 Å². The first-order valence-electron chi connectivity index (χ1n) is 18.5. The summed E-state index contributed by atoms with van der Waals surface area (Å²) in [5.41, 5.74) is 6.52. The number of carbonyl (C=O) groups is 3. The van der Waals surface area contributed by atoms with Crippen molar-refractivity contribution >= 4 is 17.9 Å². The fourth-order valence-corrected chi connectivity index (χ4v) is 8.02. The van der Waals surface area contributed by atoms with Crippen molar-refractivity contribution in [3.05, 3.63) is 108 Å². The third kappa shape index (κ3) is 7.19. The minimum absolute atomic E-state index is 0.0180. The van der Waals surface area contributed by atoms with Crippen molar-refractivity contribution in [2.45, 2.75) is 56.7 Å². The Labute approximate surface area is 307 Å². The fourth-order valence-electron chi connectivity index (χ4n) is 8.02. The number of benzene rings is 3. The van der Waals surface area contributed by atoms with Crippen molar-refractivity contribution in [1.29, 1.82) is 0 Å². The molecule has 2 aromatic heterocycles. The molecule has 3 amide bonds. The zero-order valence-corrected chi connectivity index (χ0v) is 29.4. The van der Waals surface area contributed by atoms with Crippen molar-refractivity contribution in [1.82, 2.24) is 35.1 Å². The van der Waals surface area contributed by atoms with E-state index >= 15 is 0 Å². The Morgan fingerprint density at radius 2 is 1.21 bits per heavy atom. The van der Waals surface area contributed by atoms with Gasteiger partial charge in [-0.05, 0) is 66.3 Å². The number of ether oxygens (including phenoxy) is 1. The van der Waals surface area contributed by atoms with Crippen molar-refractivity contribution in [2.24, 2.45) is 5.92 Å². The van der Waals surface area contributed by atoms with E-state index in [1.807, 2.05) is 17.2 Å². The van der Waals surface area contributed by atoms with Crippen LogP contribution in [0.4, 0.5) is 4.79 Å². The minimum Gasteiger partial charge on any atom is -0.465 e. The highest BCUT2D eigenvalue weighted by atomic mass is 16.5. The molecule has 0 aliphatic carbocycles. The van der Waals surface area contributed by atoms with Gasteiger partial charge < -0.3 is 34.9 Å². The van der Waals surface area contributed by atoms with Crippen molar-refractivity contribution < 1.29 is 24.2 Å². The standard InChI is InChI=1S/C41H43N7O5/c49-39(31-18-22-53-23-19-31)47-20-4-8-34(47)37-42-24-32(44-37)28-14-10-26(11-15-28)27-12-16-29(17-13-27)33-25-43-38(45-33)35-9-5-21-48(35)40(50)36(46-41(51)52)30-6-2-1-3-7-30/h1-3,6-7,10-17,24-25,31,34-36,46H,4-5,8-9,18-23H2,(H,42,44)(H,43,45)(H,51,52)/t34-,35-,36+/m0/s1. The predicted octanol–water partition coefficient (Wildman–Crippen LogP) is 6.90. The van der Waals surface area contributed by atoms with Crippen LogP contribution in [0.3, 0.4) is 0 Å². The van der Waals surface area contributed by atoms with E-state index in [1.54, 1.807) is 35.4 Å². The molecule has 272 valence electrons. The van der Waals surface area contributed by atoms with Gasteiger partial charge >= 0.3 is 6.09 Å². The van der Waals surface area contributed by atoms with Gasteiger partial charge in [0.1, 0.15) is 17.7 Å². The lowest BCUT2D eigenvalue weighted by Crippen LogP contribution is -2.42. The van der Waals surface area contributed by atoms with Crippen LogP contribution in [0.1, 0.15) is 73.9 Å². The number of carbonyl (C=O) groups excluding carboxylic acids is 2. The highest BCUT2D eigenvalue weighted by Gasteiger charge is 2.38. The number of nitrogens with zero attached hydrogens (tertiary/aromatic N) is 4. The summed E-state index contributed by atoms with van der Waals surface area (Å²) in [6.45, 7) is 2.61. The Morgan fingerprint density at radius 1 is 0.698 bits per heavy atom. The first-order valence-corrected chi connectivity index (χ1v) is 18.5. The maximum absolute atomic E-state index is 13.7. The predicted molar refractivity (Wildman–Crippen MR) is 198 cm³/mol. The fraction of sp³-hybridized carbons (Fsp3) is 0.341. The molecule has 12 heteroatoms. The Balaban J connectivity index is 0.925. The number of aromatic amines is 2. The number of carboxylic acid groups (broad SMARTS) is 1. The monoisotopic (exact) mass is 713 g/mol. The second kappa shape index (κ2) is 15.1. The Morgan fingerprint density at radius 3 is 1.75 bits per heavy atom. The summed E-state index contributed by atoms with van der Waals surface area (Å²) in [6.07, 6.45) is 7.41. The molecule has 0 spiro atoms. The van der Waals surface area contributed by atoms with Crippen LogP contribution in [0, 0.1) is 5.92 Å². The normalized spacial score (nSPS) is 19.7. The molecule has 8 rings (SSSR count). The van der Waals surface area contributed by atoms with Crippen molar-refractivity contribution in [3.63, 3.8) is 0 Å². The lowest BCUT2D eigenvalue weighted by Gasteiger charge is -2.29. The van der Waals surface area contributed by atoms with Crippen molar-refractivity contribution in [3.8, 4) is 33.6 Å². The summed E-state index contributed by atoms with van der Waals surface area (Å²) < 4.78 is 5.47. The van der Waals surface area contributed by atoms with Crippen LogP contribution >= 0.6 is 0 Å². The number of aromatic nitrogens is 4. The molecular weight excluding hydrogens is 670 g/mol. The summed E-state index contributed by atoms with van der Waals surface area (Å²) in [7, 11) is 0. The molecule has 3 fully saturated rings. The second-order valence-corrected chi connectivity index (χ2v) is 14.1. The molecule has 5 aromatic rings. The van der Waals surface area contributed by atoms with Crippen LogP contribution < -0.4 is 5.32 Å². The number of amides is 3. The summed E-state index contributed by atoms with van der Waals surface area (Å²) in [6, 6.07) is 24.3. The van der Waals surface area contributed by atoms with Gasteiger partial charge in [0.15, 0.2) is 0 Å². The van der Waals surface area contributed by atoms with E-state index in [1.165, 1.54) is 0 Å². The highest BCUT2D eigenvalue weighted by Crippen LogP contribution is 2.36. The Kier molecular flexibility index (Phi) is 9.77. The summed E-state index contributed by atoms with van der Waals surface area (Å²) in [4.78, 5) is 58.7. The lowest BCUT2D eigenvalue weighted by atomic mass is 9.98. The molecule has 0 radical (unpaired) electrons. The van der Waals surface area contributed by atoms with Gasteiger partial charge in [0.25, 0.3) is 5.91 Å². The molecule has 3 aliphatic heterocycles. The van der Waals surface area contributed by atoms with Gasteiger partial charge in [0.2, 0.25) is 5.91 Å². The number of H-pyrrole nitrogens is 2. The Hall–Kier alpha value is -5.75. The van der Waals surface area contributed by atoms with E-state index in [0.29, 0.717) is 31.1 Å². The van der Waals surface area contributed by atoms with Crippen LogP contribution in [0.2, 0.25) is 0 Å². The third-order valence-corrected chi connectivity index (χ3v) is 10.8. The third-order valence-electron chi connectivity index (χ3n) is 10.8. The minimum atomic E-state index is -1.25. The number of nitrogens with one attached hydrogen (secondary N) is 3. The van der Waals surface area contributed by atoms with E-state index in [-0.39, 0.29) is 29.8 Å². The smallest absolute Gasteiger partial charge is 0.405 e. The Bertz CT molecular complexity index is 2050. The first-order chi connectivity index (χ1) is 25.9. The maximum Gasteiger partial charge on any atom is 0.405 e. The van der Waals surface area contributed by atoms with Gasteiger partial charge in [-0.15, -0.1) is 0 Å². The van der Waals surface area contributed by atoms with Gasteiger partial charge in [-0.1, -0.05) is 78.9 Å². The SMILES string of the molecule is O=C(O)N[C@@H](C(=O)N1CCC[C@H]1c1ncc(-c2ccc(-c3ccc(-c4cnc([C@@H]5CCCN5C(=O)C5CCOCC5)[nH]4)cc3)cc2)[nH]1)c1ccccc1. The van der Waals surface area contributed by atoms with Gasteiger partial charge in [0, 0.05) is 32.2 Å². The molecule has 12 nitrogen and oxygen atoms in total.